The van der Waals surface area contributed by atoms with Crippen LogP contribution in [0.4, 0.5) is 16.2 Å². The zero-order valence-electron chi connectivity index (χ0n) is 15.2. The molecule has 6 heteroatoms. The highest BCUT2D eigenvalue weighted by molar-refractivity contribution is 6.01. The Bertz CT molecular complexity index is 999. The number of aromatic nitrogens is 1. The van der Waals surface area contributed by atoms with Crippen molar-refractivity contribution < 1.29 is 14.7 Å². The number of amides is 2. The second-order valence-electron chi connectivity index (χ2n) is 6.07. The van der Waals surface area contributed by atoms with Crippen LogP contribution in [-0.4, -0.2) is 29.1 Å². The predicted octanol–water partition coefficient (Wildman–Crippen LogP) is 4.51. The number of benzene rings is 2. The molecule has 6 nitrogen and oxygen atoms in total. The monoisotopic (exact) mass is 373 g/mol. The molecule has 0 aliphatic carbocycles. The lowest BCUT2D eigenvalue weighted by Gasteiger charge is -2.19. The molecule has 2 amide bonds. The summed E-state index contributed by atoms with van der Waals surface area (Å²) in [5.41, 5.74) is 4.09. The van der Waals surface area contributed by atoms with Gasteiger partial charge in [0.25, 0.3) is 0 Å². The Labute approximate surface area is 162 Å². The van der Waals surface area contributed by atoms with Gasteiger partial charge in [0, 0.05) is 25.0 Å². The minimum absolute atomic E-state index is 0.265. The fourth-order valence-electron chi connectivity index (χ4n) is 2.61. The van der Waals surface area contributed by atoms with Crippen molar-refractivity contribution in [1.29, 1.82) is 0 Å². The van der Waals surface area contributed by atoms with Gasteiger partial charge in [-0.3, -0.25) is 9.88 Å². The molecule has 28 heavy (non-hydrogen) atoms. The SMILES string of the molecule is CN(C(=O)Nc1cccnc1)c1cccc(-c2ccc(C=CC(=O)O)cc2)c1. The molecular formula is C22H19N3O3. The molecule has 1 heterocycles. The molecule has 0 aliphatic rings. The smallest absolute Gasteiger partial charge is 0.328 e. The van der Waals surface area contributed by atoms with Gasteiger partial charge < -0.3 is 10.4 Å². The molecule has 0 fully saturated rings. The van der Waals surface area contributed by atoms with Crippen molar-refractivity contribution in [3.8, 4) is 11.1 Å². The van der Waals surface area contributed by atoms with Crippen LogP contribution >= 0.6 is 0 Å². The Morgan fingerprint density at radius 2 is 1.82 bits per heavy atom. The summed E-state index contributed by atoms with van der Waals surface area (Å²) in [5.74, 6) is -0.982. The standard InChI is InChI=1S/C22H19N3O3/c1-25(22(28)24-19-5-3-13-23-15-19)20-6-2-4-18(14-20)17-10-7-16(8-11-17)9-12-21(26)27/h2-15H,1H3,(H,24,28)(H,26,27). The fraction of sp³-hybridized carbons (Fsp3) is 0.0455. The van der Waals surface area contributed by atoms with E-state index in [1.807, 2.05) is 48.5 Å². The topological polar surface area (TPSA) is 82.5 Å². The van der Waals surface area contributed by atoms with Crippen molar-refractivity contribution in [1.82, 2.24) is 4.98 Å². The van der Waals surface area contributed by atoms with Crippen LogP contribution in [0.5, 0.6) is 0 Å². The molecule has 0 bridgehead atoms. The van der Waals surface area contributed by atoms with Crippen molar-refractivity contribution >= 4 is 29.5 Å². The van der Waals surface area contributed by atoms with Gasteiger partial charge in [-0.2, -0.15) is 0 Å². The maximum Gasteiger partial charge on any atom is 0.328 e. The van der Waals surface area contributed by atoms with Gasteiger partial charge in [-0.25, -0.2) is 9.59 Å². The highest BCUT2D eigenvalue weighted by Crippen LogP contribution is 2.25. The van der Waals surface area contributed by atoms with Gasteiger partial charge in [-0.1, -0.05) is 36.4 Å². The lowest BCUT2D eigenvalue weighted by Crippen LogP contribution is -2.31. The largest absolute Gasteiger partial charge is 0.478 e. The maximum atomic E-state index is 12.5. The van der Waals surface area contributed by atoms with E-state index in [0.717, 1.165) is 28.5 Å². The van der Waals surface area contributed by atoms with Crippen molar-refractivity contribution in [3.63, 3.8) is 0 Å². The zero-order chi connectivity index (χ0) is 19.9. The van der Waals surface area contributed by atoms with Crippen molar-refractivity contribution in [2.24, 2.45) is 0 Å². The Hall–Kier alpha value is -3.93. The number of pyridine rings is 1. The molecule has 0 atom stereocenters. The normalized spacial score (nSPS) is 10.6. The zero-order valence-corrected chi connectivity index (χ0v) is 15.2. The molecule has 0 radical (unpaired) electrons. The van der Waals surface area contributed by atoms with Crippen LogP contribution in [0.3, 0.4) is 0 Å². The van der Waals surface area contributed by atoms with Crippen molar-refractivity contribution in [2.75, 3.05) is 17.3 Å². The summed E-state index contributed by atoms with van der Waals surface area (Å²) in [6, 6.07) is 18.4. The highest BCUT2D eigenvalue weighted by Gasteiger charge is 2.12. The van der Waals surface area contributed by atoms with Crippen molar-refractivity contribution in [2.45, 2.75) is 0 Å². The summed E-state index contributed by atoms with van der Waals surface area (Å²) in [6.45, 7) is 0. The summed E-state index contributed by atoms with van der Waals surface area (Å²) in [5, 5.41) is 11.5. The van der Waals surface area contributed by atoms with Gasteiger partial charge in [0.1, 0.15) is 0 Å². The minimum atomic E-state index is -0.982. The van der Waals surface area contributed by atoms with E-state index in [2.05, 4.69) is 10.3 Å². The van der Waals surface area contributed by atoms with Crippen LogP contribution in [-0.2, 0) is 4.79 Å². The second kappa shape index (κ2) is 8.64. The molecule has 2 N–H and O–H groups in total. The maximum absolute atomic E-state index is 12.5. The minimum Gasteiger partial charge on any atom is -0.478 e. The molecule has 0 saturated heterocycles. The lowest BCUT2D eigenvalue weighted by molar-refractivity contribution is -0.131. The number of anilines is 2. The van der Waals surface area contributed by atoms with Crippen LogP contribution in [0.15, 0.2) is 79.1 Å². The number of urea groups is 1. The summed E-state index contributed by atoms with van der Waals surface area (Å²) in [6.07, 6.45) is 5.87. The third-order valence-electron chi connectivity index (χ3n) is 4.11. The Morgan fingerprint density at radius 1 is 1.04 bits per heavy atom. The number of aliphatic carboxylic acids is 1. The molecule has 140 valence electrons. The van der Waals surface area contributed by atoms with E-state index in [0.29, 0.717) is 5.69 Å². The van der Waals surface area contributed by atoms with Crippen LogP contribution in [0, 0.1) is 0 Å². The highest BCUT2D eigenvalue weighted by atomic mass is 16.4. The molecule has 3 rings (SSSR count). The summed E-state index contributed by atoms with van der Waals surface area (Å²) in [4.78, 5) is 28.6. The van der Waals surface area contributed by atoms with Gasteiger partial charge in [-0.15, -0.1) is 0 Å². The Balaban J connectivity index is 1.76. The Morgan fingerprint density at radius 3 is 2.50 bits per heavy atom. The predicted molar refractivity (Wildman–Crippen MR) is 110 cm³/mol. The molecule has 0 spiro atoms. The van der Waals surface area contributed by atoms with Gasteiger partial charge in [-0.05, 0) is 47.0 Å². The first-order chi connectivity index (χ1) is 13.5. The number of rotatable bonds is 5. The second-order valence-corrected chi connectivity index (χ2v) is 6.07. The summed E-state index contributed by atoms with van der Waals surface area (Å²) >= 11 is 0. The van der Waals surface area contributed by atoms with E-state index < -0.39 is 5.97 Å². The number of carbonyl (C=O) groups is 2. The fourth-order valence-corrected chi connectivity index (χ4v) is 2.61. The number of carboxylic acid groups (broad SMARTS) is 1. The summed E-state index contributed by atoms with van der Waals surface area (Å²) in [7, 11) is 1.70. The quantitative estimate of drug-likeness (QED) is 0.645. The average molecular weight is 373 g/mol. The van der Waals surface area contributed by atoms with E-state index in [1.54, 1.807) is 37.7 Å². The Kier molecular flexibility index (Phi) is 5.81. The van der Waals surface area contributed by atoms with Crippen LogP contribution in [0.25, 0.3) is 17.2 Å². The van der Waals surface area contributed by atoms with Crippen LogP contribution < -0.4 is 10.2 Å². The number of hydrogen-bond acceptors (Lipinski definition) is 3. The van der Waals surface area contributed by atoms with Crippen LogP contribution in [0.1, 0.15) is 5.56 Å². The molecule has 2 aromatic carbocycles. The van der Waals surface area contributed by atoms with E-state index >= 15 is 0 Å². The first kappa shape index (κ1) is 18.8. The first-order valence-electron chi connectivity index (χ1n) is 8.59. The molecule has 1 aromatic heterocycles. The molecule has 3 aromatic rings. The number of hydrogen-bond donors (Lipinski definition) is 2. The third kappa shape index (κ3) is 4.82. The number of carbonyl (C=O) groups excluding carboxylic acids is 1. The van der Waals surface area contributed by atoms with Gasteiger partial charge in [0.15, 0.2) is 0 Å². The van der Waals surface area contributed by atoms with Gasteiger partial charge in [0.2, 0.25) is 0 Å². The average Bonchev–Trinajstić information content (AvgIpc) is 2.73. The summed E-state index contributed by atoms with van der Waals surface area (Å²) < 4.78 is 0. The number of nitrogens with zero attached hydrogens (tertiary/aromatic N) is 2. The van der Waals surface area contributed by atoms with E-state index in [4.69, 9.17) is 5.11 Å². The number of carboxylic acids is 1. The first-order valence-corrected chi connectivity index (χ1v) is 8.59. The number of nitrogens with one attached hydrogen (secondary N) is 1. The van der Waals surface area contributed by atoms with Crippen molar-refractivity contribution in [3.05, 3.63) is 84.7 Å². The van der Waals surface area contributed by atoms with Gasteiger partial charge in [0.05, 0.1) is 11.9 Å². The molecule has 0 saturated carbocycles. The molecular weight excluding hydrogens is 354 g/mol. The molecule has 0 unspecified atom stereocenters. The van der Waals surface area contributed by atoms with E-state index in [9.17, 15) is 9.59 Å². The third-order valence-corrected chi connectivity index (χ3v) is 4.11. The van der Waals surface area contributed by atoms with E-state index in [-0.39, 0.29) is 6.03 Å². The molecule has 0 aliphatic heterocycles. The van der Waals surface area contributed by atoms with Crippen LogP contribution in [0.2, 0.25) is 0 Å². The van der Waals surface area contributed by atoms with Gasteiger partial charge >= 0.3 is 12.0 Å². The van der Waals surface area contributed by atoms with E-state index in [1.165, 1.54) is 4.90 Å². The lowest BCUT2D eigenvalue weighted by atomic mass is 10.0.